The number of fused-ring (bicyclic) bond motifs is 1. The van der Waals surface area contributed by atoms with Gasteiger partial charge in [0.05, 0.1) is 21.6 Å². The van der Waals surface area contributed by atoms with Crippen LogP contribution in [0.1, 0.15) is 17.2 Å². The number of carboxylic acid groups (broad SMARTS) is 1. The number of carboxylic acids is 1. The van der Waals surface area contributed by atoms with Gasteiger partial charge >= 0.3 is 5.97 Å². The summed E-state index contributed by atoms with van der Waals surface area (Å²) in [4.78, 5) is 26.4. The molecule has 0 saturated heterocycles. The SMILES string of the molecule is O=C(O)C/C(=C\c1ccc(-c2cccc([N+](=O)[O-])c2)o1)c1nc2ccccc2s1. The van der Waals surface area contributed by atoms with Gasteiger partial charge in [-0.1, -0.05) is 24.3 Å². The molecule has 0 saturated carbocycles. The third kappa shape index (κ3) is 4.07. The molecule has 2 aromatic heterocycles. The van der Waals surface area contributed by atoms with Crippen molar-refractivity contribution in [3.8, 4) is 11.3 Å². The minimum absolute atomic E-state index is 0.0305. The van der Waals surface area contributed by atoms with Crippen LogP contribution in [0.2, 0.25) is 0 Å². The number of para-hydroxylation sites is 1. The van der Waals surface area contributed by atoms with Gasteiger partial charge in [-0.05, 0) is 30.3 Å². The maximum Gasteiger partial charge on any atom is 0.307 e. The second-order valence-electron chi connectivity index (χ2n) is 6.24. The van der Waals surface area contributed by atoms with Gasteiger partial charge in [-0.3, -0.25) is 14.9 Å². The van der Waals surface area contributed by atoms with E-state index in [0.29, 0.717) is 27.7 Å². The van der Waals surface area contributed by atoms with Crippen LogP contribution in [-0.2, 0) is 4.79 Å². The Kier molecular flexibility index (Phi) is 4.92. The number of nitro benzene ring substituents is 1. The molecule has 0 fully saturated rings. The van der Waals surface area contributed by atoms with Crippen molar-refractivity contribution in [1.29, 1.82) is 0 Å². The molecular formula is C21H14N2O5S. The van der Waals surface area contributed by atoms with Crippen molar-refractivity contribution in [3.63, 3.8) is 0 Å². The van der Waals surface area contributed by atoms with Crippen molar-refractivity contribution in [3.05, 3.63) is 81.5 Å². The van der Waals surface area contributed by atoms with Crippen LogP contribution in [0.3, 0.4) is 0 Å². The van der Waals surface area contributed by atoms with Gasteiger partial charge in [-0.15, -0.1) is 11.3 Å². The summed E-state index contributed by atoms with van der Waals surface area (Å²) in [5, 5.41) is 20.9. The first-order valence-corrected chi connectivity index (χ1v) is 9.44. The number of aromatic nitrogens is 1. The zero-order valence-electron chi connectivity index (χ0n) is 14.9. The van der Waals surface area contributed by atoms with Crippen molar-refractivity contribution in [2.24, 2.45) is 0 Å². The highest BCUT2D eigenvalue weighted by Gasteiger charge is 2.15. The number of nitrogens with zero attached hydrogens (tertiary/aromatic N) is 2. The number of rotatable bonds is 6. The lowest BCUT2D eigenvalue weighted by atomic mass is 10.1. The fraction of sp³-hybridized carbons (Fsp3) is 0.0476. The third-order valence-electron chi connectivity index (χ3n) is 4.20. The van der Waals surface area contributed by atoms with Crippen LogP contribution in [0.5, 0.6) is 0 Å². The zero-order valence-corrected chi connectivity index (χ0v) is 15.8. The first kappa shape index (κ1) is 18.6. The Morgan fingerprint density at radius 3 is 2.76 bits per heavy atom. The van der Waals surface area contributed by atoms with Crippen molar-refractivity contribution in [2.45, 2.75) is 6.42 Å². The number of hydrogen-bond donors (Lipinski definition) is 1. The number of furan rings is 1. The van der Waals surface area contributed by atoms with E-state index in [4.69, 9.17) is 4.42 Å². The quantitative estimate of drug-likeness (QED) is 0.336. The molecule has 4 rings (SSSR count). The van der Waals surface area contributed by atoms with Crippen LogP contribution in [-0.4, -0.2) is 21.0 Å². The van der Waals surface area contributed by atoms with Crippen LogP contribution in [0.4, 0.5) is 5.69 Å². The molecule has 0 aliphatic heterocycles. The van der Waals surface area contributed by atoms with E-state index in [9.17, 15) is 20.0 Å². The molecule has 2 heterocycles. The normalized spacial score (nSPS) is 11.7. The minimum atomic E-state index is -0.971. The monoisotopic (exact) mass is 406 g/mol. The lowest BCUT2D eigenvalue weighted by Crippen LogP contribution is -1.96. The molecule has 0 aliphatic rings. The fourth-order valence-corrected chi connectivity index (χ4v) is 3.87. The molecule has 0 atom stereocenters. The van der Waals surface area contributed by atoms with Crippen LogP contribution in [0.25, 0.3) is 33.2 Å². The second kappa shape index (κ2) is 7.69. The average Bonchev–Trinajstić information content (AvgIpc) is 3.34. The summed E-state index contributed by atoms with van der Waals surface area (Å²) < 4.78 is 6.77. The van der Waals surface area contributed by atoms with Gasteiger partial charge in [0.2, 0.25) is 0 Å². The molecule has 1 N–H and O–H groups in total. The number of thiazole rings is 1. The molecule has 0 spiro atoms. The van der Waals surface area contributed by atoms with Gasteiger partial charge in [0.1, 0.15) is 16.5 Å². The standard InChI is InChI=1S/C21H14N2O5S/c24-20(25)12-14(21-22-17-6-1-2-7-19(17)29-21)11-16-8-9-18(28-16)13-4-3-5-15(10-13)23(26)27/h1-11H,12H2,(H,24,25)/b14-11+. The number of nitro groups is 1. The van der Waals surface area contributed by atoms with Crippen LogP contribution < -0.4 is 0 Å². The number of non-ortho nitro benzene ring substituents is 1. The van der Waals surface area contributed by atoms with Gasteiger partial charge in [-0.25, -0.2) is 4.98 Å². The molecule has 0 amide bonds. The Morgan fingerprint density at radius 2 is 2.00 bits per heavy atom. The van der Waals surface area contributed by atoms with Crippen molar-refractivity contribution in [1.82, 2.24) is 4.98 Å². The predicted molar refractivity (Wildman–Crippen MR) is 111 cm³/mol. The number of benzene rings is 2. The molecule has 8 heteroatoms. The fourth-order valence-electron chi connectivity index (χ4n) is 2.89. The zero-order chi connectivity index (χ0) is 20.4. The van der Waals surface area contributed by atoms with Crippen molar-refractivity contribution < 1.29 is 19.2 Å². The molecule has 4 aromatic rings. The van der Waals surface area contributed by atoms with E-state index in [1.54, 1.807) is 30.3 Å². The Hall–Kier alpha value is -3.78. The highest BCUT2D eigenvalue weighted by atomic mass is 32.1. The molecule has 144 valence electrons. The summed E-state index contributed by atoms with van der Waals surface area (Å²) in [5.41, 5.74) is 1.87. The summed E-state index contributed by atoms with van der Waals surface area (Å²) >= 11 is 1.42. The summed E-state index contributed by atoms with van der Waals surface area (Å²) in [6.07, 6.45) is 1.44. The Morgan fingerprint density at radius 1 is 1.17 bits per heavy atom. The topological polar surface area (TPSA) is 106 Å². The van der Waals surface area contributed by atoms with Gasteiger partial charge in [0.25, 0.3) is 5.69 Å². The first-order chi connectivity index (χ1) is 14.0. The van der Waals surface area contributed by atoms with Gasteiger partial charge in [0.15, 0.2) is 0 Å². The predicted octanol–water partition coefficient (Wildman–Crippen LogP) is 5.48. The summed E-state index contributed by atoms with van der Waals surface area (Å²) in [6.45, 7) is 0. The van der Waals surface area contributed by atoms with E-state index < -0.39 is 10.9 Å². The Balaban J connectivity index is 1.71. The molecule has 0 unspecified atom stereocenters. The van der Waals surface area contributed by atoms with E-state index in [0.717, 1.165) is 10.2 Å². The lowest BCUT2D eigenvalue weighted by molar-refractivity contribution is -0.384. The molecule has 0 radical (unpaired) electrons. The van der Waals surface area contributed by atoms with Gasteiger partial charge in [-0.2, -0.15) is 0 Å². The van der Waals surface area contributed by atoms with E-state index in [1.807, 2.05) is 24.3 Å². The van der Waals surface area contributed by atoms with Crippen LogP contribution in [0, 0.1) is 10.1 Å². The maximum atomic E-state index is 11.4. The molecule has 0 bridgehead atoms. The van der Waals surface area contributed by atoms with Gasteiger partial charge < -0.3 is 9.52 Å². The molecule has 0 aliphatic carbocycles. The van der Waals surface area contributed by atoms with Crippen LogP contribution in [0.15, 0.2) is 65.1 Å². The summed E-state index contributed by atoms with van der Waals surface area (Å²) in [6, 6.07) is 17.1. The molecule has 29 heavy (non-hydrogen) atoms. The van der Waals surface area contributed by atoms with E-state index in [-0.39, 0.29) is 12.1 Å². The first-order valence-electron chi connectivity index (χ1n) is 8.62. The average molecular weight is 406 g/mol. The van der Waals surface area contributed by atoms with E-state index in [2.05, 4.69) is 4.98 Å². The largest absolute Gasteiger partial charge is 0.481 e. The molecule has 2 aromatic carbocycles. The van der Waals surface area contributed by atoms with Gasteiger partial charge in [0, 0.05) is 23.3 Å². The van der Waals surface area contributed by atoms with Crippen LogP contribution >= 0.6 is 11.3 Å². The highest BCUT2D eigenvalue weighted by Crippen LogP contribution is 2.32. The lowest BCUT2D eigenvalue weighted by Gasteiger charge is -2.00. The number of hydrogen-bond acceptors (Lipinski definition) is 6. The van der Waals surface area contributed by atoms with Crippen molar-refractivity contribution in [2.75, 3.05) is 0 Å². The summed E-state index contributed by atoms with van der Waals surface area (Å²) in [5.74, 6) is -0.0677. The smallest absolute Gasteiger partial charge is 0.307 e. The maximum absolute atomic E-state index is 11.4. The number of aliphatic carboxylic acids is 1. The van der Waals surface area contributed by atoms with Crippen molar-refractivity contribution >= 4 is 44.9 Å². The molecule has 7 nitrogen and oxygen atoms in total. The minimum Gasteiger partial charge on any atom is -0.481 e. The number of carbonyl (C=O) groups is 1. The second-order valence-corrected chi connectivity index (χ2v) is 7.27. The Bertz CT molecular complexity index is 1220. The van der Waals surface area contributed by atoms with E-state index in [1.165, 1.54) is 23.5 Å². The summed E-state index contributed by atoms with van der Waals surface area (Å²) in [7, 11) is 0. The highest BCUT2D eigenvalue weighted by molar-refractivity contribution is 7.19. The Labute approximate surface area is 168 Å². The molecular weight excluding hydrogens is 392 g/mol. The van der Waals surface area contributed by atoms with E-state index >= 15 is 0 Å². The third-order valence-corrected chi connectivity index (χ3v) is 5.31.